The van der Waals surface area contributed by atoms with Gasteiger partial charge in [0.15, 0.2) is 0 Å². The van der Waals surface area contributed by atoms with Crippen LogP contribution in [0, 0.1) is 3.57 Å². The van der Waals surface area contributed by atoms with Crippen molar-refractivity contribution in [3.63, 3.8) is 0 Å². The van der Waals surface area contributed by atoms with E-state index >= 15 is 0 Å². The van der Waals surface area contributed by atoms with Crippen molar-refractivity contribution in [2.24, 2.45) is 5.73 Å². The molecule has 2 N–H and O–H groups in total. The zero-order chi connectivity index (χ0) is 13.2. The third-order valence-corrected chi connectivity index (χ3v) is 4.25. The molecule has 0 fully saturated rings. The zero-order valence-electron chi connectivity index (χ0n) is 10.5. The van der Waals surface area contributed by atoms with Crippen molar-refractivity contribution in [1.82, 2.24) is 9.97 Å². The van der Waals surface area contributed by atoms with Crippen LogP contribution < -0.4 is 10.6 Å². The molecule has 5 heteroatoms. The fourth-order valence-corrected chi connectivity index (χ4v) is 3.24. The summed E-state index contributed by atoms with van der Waals surface area (Å²) in [6, 6.07) is 8.52. The van der Waals surface area contributed by atoms with E-state index in [1.54, 1.807) is 6.33 Å². The number of benzene rings is 1. The molecule has 1 aromatic heterocycles. The second-order valence-corrected chi connectivity index (χ2v) is 5.80. The van der Waals surface area contributed by atoms with E-state index in [1.807, 2.05) is 6.20 Å². The molecule has 0 saturated heterocycles. The minimum absolute atomic E-state index is 0.493. The molecule has 0 aliphatic carbocycles. The maximum atomic E-state index is 5.73. The summed E-state index contributed by atoms with van der Waals surface area (Å²) in [7, 11) is 0. The molecule has 1 atom stereocenters. The first kappa shape index (κ1) is 12.8. The van der Waals surface area contributed by atoms with Crippen LogP contribution in [0.4, 0.5) is 11.5 Å². The maximum absolute atomic E-state index is 5.73. The standard InChI is InChI=1S/C14H15IN4/c15-12-7-17-9-18-14(12)19-8-10(5-6-16)11-3-1-2-4-13(11)19/h1-4,7,9-10H,5-6,8,16H2. The molecular formula is C14H15IN4. The van der Waals surface area contributed by atoms with Gasteiger partial charge in [0.25, 0.3) is 0 Å². The Labute approximate surface area is 126 Å². The van der Waals surface area contributed by atoms with Gasteiger partial charge in [0.2, 0.25) is 0 Å². The van der Waals surface area contributed by atoms with Crippen LogP contribution in [-0.2, 0) is 0 Å². The number of anilines is 2. The van der Waals surface area contributed by atoms with E-state index in [-0.39, 0.29) is 0 Å². The lowest BCUT2D eigenvalue weighted by molar-refractivity contribution is 0.666. The van der Waals surface area contributed by atoms with Crippen LogP contribution in [0.1, 0.15) is 17.9 Å². The van der Waals surface area contributed by atoms with E-state index in [4.69, 9.17) is 5.73 Å². The first-order valence-electron chi connectivity index (χ1n) is 6.33. The lowest BCUT2D eigenvalue weighted by Gasteiger charge is -2.19. The van der Waals surface area contributed by atoms with E-state index < -0.39 is 0 Å². The van der Waals surface area contributed by atoms with Crippen LogP contribution in [0.25, 0.3) is 0 Å². The van der Waals surface area contributed by atoms with E-state index in [9.17, 15) is 0 Å². The van der Waals surface area contributed by atoms with Crippen molar-refractivity contribution in [2.75, 3.05) is 18.0 Å². The summed E-state index contributed by atoms with van der Waals surface area (Å²) in [5, 5.41) is 0. The molecule has 2 heterocycles. The highest BCUT2D eigenvalue weighted by molar-refractivity contribution is 14.1. The predicted molar refractivity (Wildman–Crippen MR) is 84.6 cm³/mol. The summed E-state index contributed by atoms with van der Waals surface area (Å²) in [6.07, 6.45) is 4.47. The molecule has 4 nitrogen and oxygen atoms in total. The Bertz CT molecular complexity index is 587. The lowest BCUT2D eigenvalue weighted by atomic mass is 9.98. The van der Waals surface area contributed by atoms with Crippen molar-refractivity contribution in [1.29, 1.82) is 0 Å². The number of hydrogen-bond donors (Lipinski definition) is 1. The van der Waals surface area contributed by atoms with Gasteiger partial charge in [-0.15, -0.1) is 0 Å². The second-order valence-electron chi connectivity index (χ2n) is 4.64. The topological polar surface area (TPSA) is 55.0 Å². The van der Waals surface area contributed by atoms with Gasteiger partial charge >= 0.3 is 0 Å². The predicted octanol–water partition coefficient (Wildman–Crippen LogP) is 2.67. The van der Waals surface area contributed by atoms with Crippen molar-refractivity contribution >= 4 is 34.1 Å². The minimum atomic E-state index is 0.493. The minimum Gasteiger partial charge on any atom is -0.330 e. The first-order valence-corrected chi connectivity index (χ1v) is 7.41. The fraction of sp³-hybridized carbons (Fsp3) is 0.286. The fourth-order valence-electron chi connectivity index (χ4n) is 2.65. The maximum Gasteiger partial charge on any atom is 0.149 e. The molecule has 1 aromatic carbocycles. The summed E-state index contributed by atoms with van der Waals surface area (Å²) in [6.45, 7) is 1.66. The van der Waals surface area contributed by atoms with Crippen molar-refractivity contribution in [3.05, 3.63) is 45.9 Å². The van der Waals surface area contributed by atoms with Gasteiger partial charge in [0.1, 0.15) is 12.1 Å². The summed E-state index contributed by atoms with van der Waals surface area (Å²) in [4.78, 5) is 10.8. The van der Waals surface area contributed by atoms with Gasteiger partial charge in [-0.3, -0.25) is 0 Å². The monoisotopic (exact) mass is 366 g/mol. The van der Waals surface area contributed by atoms with E-state index in [0.29, 0.717) is 12.5 Å². The molecule has 0 amide bonds. The van der Waals surface area contributed by atoms with Crippen LogP contribution in [0.2, 0.25) is 0 Å². The number of fused-ring (bicyclic) bond motifs is 1. The smallest absolute Gasteiger partial charge is 0.149 e. The number of halogens is 1. The highest BCUT2D eigenvalue weighted by atomic mass is 127. The molecule has 0 spiro atoms. The quantitative estimate of drug-likeness (QED) is 0.849. The highest BCUT2D eigenvalue weighted by Gasteiger charge is 2.30. The van der Waals surface area contributed by atoms with Gasteiger partial charge in [0, 0.05) is 24.3 Å². The normalized spacial score (nSPS) is 17.6. The Kier molecular flexibility index (Phi) is 3.65. The molecule has 2 aromatic rings. The second kappa shape index (κ2) is 5.42. The first-order chi connectivity index (χ1) is 9.31. The molecule has 0 radical (unpaired) electrons. The number of hydrogen-bond acceptors (Lipinski definition) is 4. The van der Waals surface area contributed by atoms with Gasteiger partial charge in [-0.25, -0.2) is 9.97 Å². The van der Waals surface area contributed by atoms with Gasteiger partial charge in [-0.2, -0.15) is 0 Å². The molecular weight excluding hydrogens is 351 g/mol. The average Bonchev–Trinajstić information content (AvgIpc) is 2.79. The molecule has 3 rings (SSSR count). The van der Waals surface area contributed by atoms with E-state index in [0.717, 1.165) is 22.4 Å². The van der Waals surface area contributed by atoms with Crippen LogP contribution in [-0.4, -0.2) is 23.1 Å². The highest BCUT2D eigenvalue weighted by Crippen LogP contribution is 2.42. The largest absolute Gasteiger partial charge is 0.330 e. The van der Waals surface area contributed by atoms with Gasteiger partial charge < -0.3 is 10.6 Å². The Morgan fingerprint density at radius 3 is 3.00 bits per heavy atom. The van der Waals surface area contributed by atoms with Crippen molar-refractivity contribution < 1.29 is 0 Å². The number of nitrogens with zero attached hydrogens (tertiary/aromatic N) is 3. The summed E-state index contributed by atoms with van der Waals surface area (Å²) >= 11 is 2.29. The third-order valence-electron chi connectivity index (χ3n) is 3.49. The van der Waals surface area contributed by atoms with Crippen molar-refractivity contribution in [3.8, 4) is 0 Å². The van der Waals surface area contributed by atoms with Gasteiger partial charge in [0.05, 0.1) is 3.57 Å². The van der Waals surface area contributed by atoms with Gasteiger partial charge in [-0.1, -0.05) is 18.2 Å². The third kappa shape index (κ3) is 2.32. The van der Waals surface area contributed by atoms with Crippen LogP contribution in [0.5, 0.6) is 0 Å². The Morgan fingerprint density at radius 1 is 1.37 bits per heavy atom. The molecule has 0 saturated carbocycles. The van der Waals surface area contributed by atoms with Crippen LogP contribution in [0.3, 0.4) is 0 Å². The van der Waals surface area contributed by atoms with Gasteiger partial charge in [-0.05, 0) is 47.2 Å². The van der Waals surface area contributed by atoms with Crippen molar-refractivity contribution in [2.45, 2.75) is 12.3 Å². The Morgan fingerprint density at radius 2 is 2.21 bits per heavy atom. The molecule has 1 aliphatic rings. The number of para-hydroxylation sites is 1. The zero-order valence-corrected chi connectivity index (χ0v) is 12.6. The number of rotatable bonds is 3. The number of aromatic nitrogens is 2. The molecule has 19 heavy (non-hydrogen) atoms. The molecule has 1 unspecified atom stereocenters. The Balaban J connectivity index is 2.03. The summed E-state index contributed by atoms with van der Waals surface area (Å²) < 4.78 is 1.07. The molecule has 1 aliphatic heterocycles. The summed E-state index contributed by atoms with van der Waals surface area (Å²) in [5.41, 5.74) is 8.36. The number of nitrogens with two attached hydrogens (primary N) is 1. The van der Waals surface area contributed by atoms with Crippen LogP contribution in [0.15, 0.2) is 36.8 Å². The van der Waals surface area contributed by atoms with E-state index in [1.165, 1.54) is 11.3 Å². The van der Waals surface area contributed by atoms with Crippen LogP contribution >= 0.6 is 22.6 Å². The summed E-state index contributed by atoms with van der Waals surface area (Å²) in [5.74, 6) is 1.48. The average molecular weight is 366 g/mol. The molecule has 0 bridgehead atoms. The molecule has 98 valence electrons. The SMILES string of the molecule is NCCC1CN(c2ncncc2I)c2ccccc21. The lowest BCUT2D eigenvalue weighted by Crippen LogP contribution is -2.19. The Hall–Kier alpha value is -1.21. The van der Waals surface area contributed by atoms with E-state index in [2.05, 4.69) is 61.7 Å².